The molecule has 0 fully saturated rings. The van der Waals surface area contributed by atoms with E-state index in [1.807, 2.05) is 30.3 Å². The number of benzene rings is 3. The van der Waals surface area contributed by atoms with Gasteiger partial charge in [0.2, 0.25) is 5.88 Å². The number of hydrogen-bond donors (Lipinski definition) is 1. The smallest absolute Gasteiger partial charge is 0.338 e. The molecule has 8 nitrogen and oxygen atoms in total. The average Bonchev–Trinajstić information content (AvgIpc) is 2.93. The van der Waals surface area contributed by atoms with E-state index >= 15 is 0 Å². The molecule has 0 aliphatic heterocycles. The number of nitrogens with zero attached hydrogens (tertiary/aromatic N) is 2. The third-order valence-electron chi connectivity index (χ3n) is 5.87. The van der Waals surface area contributed by atoms with Crippen LogP contribution in [0.15, 0.2) is 88.6 Å². The van der Waals surface area contributed by atoms with Crippen molar-refractivity contribution in [2.24, 2.45) is 4.99 Å². The molecule has 3 aromatic carbocycles. The Bertz CT molecular complexity index is 1510. The van der Waals surface area contributed by atoms with Gasteiger partial charge < -0.3 is 14.6 Å². The lowest BCUT2D eigenvalue weighted by Gasteiger charge is -2.15. The summed E-state index contributed by atoms with van der Waals surface area (Å²) in [6.45, 7) is 1.96. The van der Waals surface area contributed by atoms with Gasteiger partial charge in [-0.3, -0.25) is 9.79 Å². The van der Waals surface area contributed by atoms with Crippen molar-refractivity contribution in [1.29, 1.82) is 0 Å². The number of hydrogen-bond acceptors (Lipinski definition) is 7. The van der Waals surface area contributed by atoms with E-state index in [1.165, 1.54) is 25.5 Å². The standard InChI is InChI=1S/C29H26N2O6/c1-3-37-28(34)20-13-15-21(16-14-20)31-26(32)23-12-8-7-11-22(23)24(27(31)33)18-30-25(29(35)36-2)17-19-9-5-4-6-10-19/h4-16,18,25,33H,3,17H2,1-2H3/t25-/m0/s1. The number of aromatic nitrogens is 1. The van der Waals surface area contributed by atoms with Gasteiger partial charge in [-0.15, -0.1) is 0 Å². The van der Waals surface area contributed by atoms with Crippen molar-refractivity contribution in [3.05, 3.63) is 106 Å². The van der Waals surface area contributed by atoms with Crippen molar-refractivity contribution in [2.75, 3.05) is 13.7 Å². The Morgan fingerprint density at radius 2 is 1.62 bits per heavy atom. The van der Waals surface area contributed by atoms with Gasteiger partial charge in [-0.1, -0.05) is 48.5 Å². The van der Waals surface area contributed by atoms with Crippen molar-refractivity contribution in [3.63, 3.8) is 0 Å². The van der Waals surface area contributed by atoms with Gasteiger partial charge in [-0.25, -0.2) is 14.2 Å². The lowest BCUT2D eigenvalue weighted by molar-refractivity contribution is -0.142. The van der Waals surface area contributed by atoms with E-state index in [-0.39, 0.29) is 18.1 Å². The molecule has 0 saturated heterocycles. The van der Waals surface area contributed by atoms with Gasteiger partial charge in [0, 0.05) is 23.4 Å². The first-order valence-corrected chi connectivity index (χ1v) is 11.7. The molecule has 1 heterocycles. The van der Waals surface area contributed by atoms with Crippen LogP contribution in [0.25, 0.3) is 16.5 Å². The molecule has 4 rings (SSSR count). The number of esters is 2. The second-order valence-electron chi connectivity index (χ2n) is 8.20. The monoisotopic (exact) mass is 498 g/mol. The minimum atomic E-state index is -0.852. The number of aromatic hydroxyl groups is 1. The van der Waals surface area contributed by atoms with Crippen molar-refractivity contribution >= 4 is 28.9 Å². The normalized spacial score (nSPS) is 11.9. The van der Waals surface area contributed by atoms with Crippen molar-refractivity contribution in [1.82, 2.24) is 4.57 Å². The molecule has 1 atom stereocenters. The zero-order valence-corrected chi connectivity index (χ0v) is 20.5. The van der Waals surface area contributed by atoms with Gasteiger partial charge in [0.15, 0.2) is 6.04 Å². The molecule has 0 spiro atoms. The van der Waals surface area contributed by atoms with Crippen LogP contribution in [0.5, 0.6) is 5.88 Å². The molecule has 0 radical (unpaired) electrons. The zero-order valence-electron chi connectivity index (χ0n) is 20.5. The number of carbonyl (C=O) groups is 2. The lowest BCUT2D eigenvalue weighted by atomic mass is 10.1. The molecule has 0 aliphatic rings. The molecule has 8 heteroatoms. The van der Waals surface area contributed by atoms with Crippen LogP contribution in [0.4, 0.5) is 0 Å². The van der Waals surface area contributed by atoms with Gasteiger partial charge in [0.1, 0.15) is 0 Å². The molecule has 188 valence electrons. The predicted molar refractivity (Wildman–Crippen MR) is 141 cm³/mol. The number of rotatable bonds is 8. The largest absolute Gasteiger partial charge is 0.494 e. The number of fused-ring (bicyclic) bond motifs is 1. The molecule has 0 amide bonds. The fourth-order valence-electron chi connectivity index (χ4n) is 4.02. The van der Waals surface area contributed by atoms with Gasteiger partial charge >= 0.3 is 11.9 Å². The summed E-state index contributed by atoms with van der Waals surface area (Å²) in [6, 6.07) is 21.5. The average molecular weight is 499 g/mol. The highest BCUT2D eigenvalue weighted by molar-refractivity contribution is 6.02. The van der Waals surface area contributed by atoms with E-state index in [4.69, 9.17) is 9.47 Å². The number of carbonyl (C=O) groups excluding carboxylic acids is 2. The summed E-state index contributed by atoms with van der Waals surface area (Å²) in [5.74, 6) is -1.35. The SMILES string of the molecule is CCOC(=O)c1ccc(-n2c(O)c(C=N[C@@H](Cc3ccccc3)C(=O)OC)c3ccccc3c2=O)cc1. The fourth-order valence-corrected chi connectivity index (χ4v) is 4.02. The van der Waals surface area contributed by atoms with Crippen LogP contribution in [0.3, 0.4) is 0 Å². The van der Waals surface area contributed by atoms with E-state index in [2.05, 4.69) is 4.99 Å². The molecule has 0 saturated carbocycles. The Hall–Kier alpha value is -4.72. The molecule has 1 aromatic heterocycles. The second kappa shape index (κ2) is 11.3. The molecule has 1 N–H and O–H groups in total. The summed E-state index contributed by atoms with van der Waals surface area (Å²) in [5.41, 5.74) is 1.40. The molecule has 0 bridgehead atoms. The van der Waals surface area contributed by atoms with Crippen LogP contribution in [-0.4, -0.2) is 47.6 Å². The van der Waals surface area contributed by atoms with Gasteiger partial charge in [0.25, 0.3) is 5.56 Å². The number of pyridine rings is 1. The van der Waals surface area contributed by atoms with E-state index < -0.39 is 23.5 Å². The Balaban J connectivity index is 1.81. The summed E-state index contributed by atoms with van der Waals surface area (Å²) in [4.78, 5) is 42.3. The molecule has 0 unspecified atom stereocenters. The van der Waals surface area contributed by atoms with Crippen LogP contribution < -0.4 is 5.56 Å². The maximum Gasteiger partial charge on any atom is 0.338 e. The minimum absolute atomic E-state index is 0.241. The molecule has 37 heavy (non-hydrogen) atoms. The first-order chi connectivity index (χ1) is 17.9. The summed E-state index contributed by atoms with van der Waals surface area (Å²) in [7, 11) is 1.29. The molecule has 4 aromatic rings. The highest BCUT2D eigenvalue weighted by Crippen LogP contribution is 2.26. The molecular weight excluding hydrogens is 472 g/mol. The number of ether oxygens (including phenoxy) is 2. The Kier molecular flexibility index (Phi) is 7.78. The lowest BCUT2D eigenvalue weighted by Crippen LogP contribution is -2.23. The van der Waals surface area contributed by atoms with Crippen molar-refractivity contribution < 1.29 is 24.2 Å². The number of aliphatic imine (C=N–C) groups is 1. The Morgan fingerprint density at radius 3 is 2.27 bits per heavy atom. The van der Waals surface area contributed by atoms with Crippen LogP contribution in [0.1, 0.15) is 28.4 Å². The zero-order chi connectivity index (χ0) is 26.4. The third kappa shape index (κ3) is 5.43. The maximum atomic E-state index is 13.3. The first-order valence-electron chi connectivity index (χ1n) is 11.7. The number of methoxy groups -OCH3 is 1. The fraction of sp³-hybridized carbons (Fsp3) is 0.172. The Labute approximate surface area is 213 Å². The predicted octanol–water partition coefficient (Wildman–Crippen LogP) is 4.08. The highest BCUT2D eigenvalue weighted by atomic mass is 16.5. The van der Waals surface area contributed by atoms with Crippen LogP contribution in [0.2, 0.25) is 0 Å². The molecule has 0 aliphatic carbocycles. The maximum absolute atomic E-state index is 13.3. The van der Waals surface area contributed by atoms with Crippen LogP contribution in [-0.2, 0) is 20.7 Å². The molecular formula is C29H26N2O6. The minimum Gasteiger partial charge on any atom is -0.494 e. The van der Waals surface area contributed by atoms with Gasteiger partial charge in [-0.2, -0.15) is 0 Å². The summed E-state index contributed by atoms with van der Waals surface area (Å²) < 4.78 is 11.1. The first kappa shape index (κ1) is 25.4. The van der Waals surface area contributed by atoms with E-state index in [9.17, 15) is 19.5 Å². The highest BCUT2D eigenvalue weighted by Gasteiger charge is 2.21. The van der Waals surface area contributed by atoms with Crippen LogP contribution in [0, 0.1) is 0 Å². The summed E-state index contributed by atoms with van der Waals surface area (Å²) in [6.07, 6.45) is 1.70. The van der Waals surface area contributed by atoms with E-state index in [0.717, 1.165) is 10.1 Å². The second-order valence-corrected chi connectivity index (χ2v) is 8.20. The summed E-state index contributed by atoms with van der Waals surface area (Å²) >= 11 is 0. The van der Waals surface area contributed by atoms with Crippen molar-refractivity contribution in [3.8, 4) is 11.6 Å². The van der Waals surface area contributed by atoms with E-state index in [0.29, 0.717) is 28.4 Å². The Morgan fingerprint density at radius 1 is 0.973 bits per heavy atom. The van der Waals surface area contributed by atoms with E-state index in [1.54, 1.807) is 43.3 Å². The van der Waals surface area contributed by atoms with Crippen molar-refractivity contribution in [2.45, 2.75) is 19.4 Å². The quantitative estimate of drug-likeness (QED) is 0.290. The van der Waals surface area contributed by atoms with Crippen LogP contribution >= 0.6 is 0 Å². The van der Waals surface area contributed by atoms with Gasteiger partial charge in [-0.05, 0) is 42.8 Å². The third-order valence-corrected chi connectivity index (χ3v) is 5.87. The van der Waals surface area contributed by atoms with Gasteiger partial charge in [0.05, 0.1) is 30.5 Å². The summed E-state index contributed by atoms with van der Waals surface area (Å²) in [5, 5.41) is 12.1. The topological polar surface area (TPSA) is 107 Å².